The van der Waals surface area contributed by atoms with E-state index in [0.717, 1.165) is 36.4 Å². The van der Waals surface area contributed by atoms with E-state index in [4.69, 9.17) is 4.74 Å². The maximum absolute atomic E-state index is 13.1. The van der Waals surface area contributed by atoms with Crippen molar-refractivity contribution >= 4 is 17.3 Å². The molecule has 4 heteroatoms. The van der Waals surface area contributed by atoms with Gasteiger partial charge in [0.25, 0.3) is 0 Å². The standard InChI is InChI=1S/C30H26N2O2/c1-20-11-13-27-23(15-20)17-31-19-32(27)18-24-16-22(12-14-28(24)31)29-21(2)7-6-10-26(29)30(33)34-25-8-4-3-5-9-25/h3-16H,17-19H2,1-2H3. The molecule has 2 heterocycles. The van der Waals surface area contributed by atoms with E-state index in [1.54, 1.807) is 12.1 Å². The predicted octanol–water partition coefficient (Wildman–Crippen LogP) is 6.49. The zero-order valence-corrected chi connectivity index (χ0v) is 19.4. The fraction of sp³-hybridized carbons (Fsp3) is 0.167. The normalized spacial score (nSPS) is 13.8. The van der Waals surface area contributed by atoms with Gasteiger partial charge in [0.05, 0.1) is 12.2 Å². The zero-order valence-electron chi connectivity index (χ0n) is 19.4. The van der Waals surface area contributed by atoms with Crippen LogP contribution in [-0.2, 0) is 13.1 Å². The third kappa shape index (κ3) is 3.52. The Morgan fingerprint density at radius 1 is 0.765 bits per heavy atom. The average molecular weight is 447 g/mol. The smallest absolute Gasteiger partial charge is 0.344 e. The van der Waals surface area contributed by atoms with E-state index in [1.807, 2.05) is 43.3 Å². The summed E-state index contributed by atoms with van der Waals surface area (Å²) in [5, 5.41) is 0. The Bertz CT molecular complexity index is 1410. The van der Waals surface area contributed by atoms with Crippen LogP contribution in [0.1, 0.15) is 32.6 Å². The van der Waals surface area contributed by atoms with E-state index >= 15 is 0 Å². The highest BCUT2D eigenvalue weighted by molar-refractivity contribution is 5.99. The Morgan fingerprint density at radius 3 is 2.24 bits per heavy atom. The van der Waals surface area contributed by atoms with E-state index in [-0.39, 0.29) is 5.97 Å². The summed E-state index contributed by atoms with van der Waals surface area (Å²) in [6, 6.07) is 28.4. The van der Waals surface area contributed by atoms with Crippen molar-refractivity contribution < 1.29 is 9.53 Å². The molecule has 6 rings (SSSR count). The van der Waals surface area contributed by atoms with Gasteiger partial charge in [-0.3, -0.25) is 0 Å². The van der Waals surface area contributed by atoms with E-state index in [2.05, 4.69) is 53.1 Å². The molecular weight excluding hydrogens is 420 g/mol. The van der Waals surface area contributed by atoms with Gasteiger partial charge in [0.2, 0.25) is 0 Å². The van der Waals surface area contributed by atoms with Crippen molar-refractivity contribution in [2.24, 2.45) is 0 Å². The van der Waals surface area contributed by atoms with Crippen molar-refractivity contribution in [2.75, 3.05) is 16.5 Å². The second-order valence-electron chi connectivity index (χ2n) is 9.21. The number of para-hydroxylation sites is 1. The summed E-state index contributed by atoms with van der Waals surface area (Å²) in [7, 11) is 0. The molecule has 0 saturated carbocycles. The van der Waals surface area contributed by atoms with Crippen molar-refractivity contribution in [3.05, 3.63) is 113 Å². The second-order valence-corrected chi connectivity index (χ2v) is 9.21. The van der Waals surface area contributed by atoms with Crippen LogP contribution in [0.25, 0.3) is 11.1 Å². The van der Waals surface area contributed by atoms with Crippen LogP contribution >= 0.6 is 0 Å². The summed E-state index contributed by atoms with van der Waals surface area (Å²) < 4.78 is 5.68. The lowest BCUT2D eigenvalue weighted by Gasteiger charge is -2.45. The number of aryl methyl sites for hydroxylation is 2. The topological polar surface area (TPSA) is 32.8 Å². The highest BCUT2D eigenvalue weighted by Gasteiger charge is 2.30. The van der Waals surface area contributed by atoms with E-state index < -0.39 is 0 Å². The third-order valence-electron chi connectivity index (χ3n) is 6.79. The summed E-state index contributed by atoms with van der Waals surface area (Å²) in [6.07, 6.45) is 0. The fourth-order valence-electron chi connectivity index (χ4n) is 5.24. The summed E-state index contributed by atoms with van der Waals surface area (Å²) in [6.45, 7) is 6.87. The molecule has 2 bridgehead atoms. The number of rotatable bonds is 3. The van der Waals surface area contributed by atoms with Crippen LogP contribution in [0.2, 0.25) is 0 Å². The molecule has 0 unspecified atom stereocenters. The lowest BCUT2D eigenvalue weighted by molar-refractivity contribution is 0.0735. The van der Waals surface area contributed by atoms with E-state index in [1.165, 1.54) is 28.1 Å². The molecule has 4 aromatic rings. The zero-order chi connectivity index (χ0) is 23.2. The quantitative estimate of drug-likeness (QED) is 0.266. The number of hydrogen-bond acceptors (Lipinski definition) is 4. The monoisotopic (exact) mass is 446 g/mol. The molecule has 168 valence electrons. The molecule has 4 nitrogen and oxygen atoms in total. The first kappa shape index (κ1) is 20.5. The van der Waals surface area contributed by atoms with Gasteiger partial charge in [0.1, 0.15) is 5.75 Å². The van der Waals surface area contributed by atoms with Crippen LogP contribution in [0.5, 0.6) is 5.75 Å². The molecule has 2 aliphatic rings. The lowest BCUT2D eigenvalue weighted by atomic mass is 9.92. The number of benzene rings is 4. The number of hydrogen-bond donors (Lipinski definition) is 0. The second kappa shape index (κ2) is 8.07. The molecule has 0 fully saturated rings. The van der Waals surface area contributed by atoms with Crippen molar-refractivity contribution in [3.8, 4) is 16.9 Å². The molecular formula is C30H26N2O2. The molecule has 34 heavy (non-hydrogen) atoms. The van der Waals surface area contributed by atoms with Gasteiger partial charge >= 0.3 is 5.97 Å². The van der Waals surface area contributed by atoms with Gasteiger partial charge < -0.3 is 14.5 Å². The van der Waals surface area contributed by atoms with Crippen molar-refractivity contribution in [1.29, 1.82) is 0 Å². The SMILES string of the molecule is Cc1ccc2c(c1)CN1CN2Cc2cc(-c3c(C)cccc3C(=O)Oc3ccccc3)ccc21. The van der Waals surface area contributed by atoms with E-state index in [9.17, 15) is 4.79 Å². The predicted molar refractivity (Wildman–Crippen MR) is 136 cm³/mol. The highest BCUT2D eigenvalue weighted by atomic mass is 16.5. The Kier molecular flexibility index (Phi) is 4.88. The molecule has 0 radical (unpaired) electrons. The first-order valence-electron chi connectivity index (χ1n) is 11.7. The molecule has 0 spiro atoms. The van der Waals surface area contributed by atoms with Crippen molar-refractivity contribution in [3.63, 3.8) is 0 Å². The minimum Gasteiger partial charge on any atom is -0.423 e. The molecule has 0 saturated heterocycles. The largest absolute Gasteiger partial charge is 0.423 e. The number of nitrogens with zero attached hydrogens (tertiary/aromatic N) is 2. The van der Waals surface area contributed by atoms with Gasteiger partial charge in [-0.1, -0.05) is 54.1 Å². The Hall–Kier alpha value is -4.05. The van der Waals surface area contributed by atoms with Gasteiger partial charge in [0, 0.05) is 24.5 Å². The average Bonchev–Trinajstić information content (AvgIpc) is 2.84. The molecule has 4 aromatic carbocycles. The minimum atomic E-state index is -0.337. The first-order chi connectivity index (χ1) is 16.6. The maximum atomic E-state index is 13.1. The van der Waals surface area contributed by atoms with Crippen molar-refractivity contribution in [2.45, 2.75) is 26.9 Å². The molecule has 0 amide bonds. The molecule has 0 N–H and O–H groups in total. The van der Waals surface area contributed by atoms with Gasteiger partial charge in [-0.25, -0.2) is 4.79 Å². The number of ether oxygens (including phenoxy) is 1. The van der Waals surface area contributed by atoms with Gasteiger partial charge in [-0.05, 0) is 78.1 Å². The number of carbonyl (C=O) groups is 1. The highest BCUT2D eigenvalue weighted by Crippen LogP contribution is 2.40. The Morgan fingerprint density at radius 2 is 1.47 bits per heavy atom. The lowest BCUT2D eigenvalue weighted by Crippen LogP contribution is -2.46. The van der Waals surface area contributed by atoms with Crippen LogP contribution < -0.4 is 14.5 Å². The van der Waals surface area contributed by atoms with Crippen LogP contribution in [0.3, 0.4) is 0 Å². The number of carbonyl (C=O) groups excluding carboxylic acids is 1. The third-order valence-corrected chi connectivity index (χ3v) is 6.79. The Labute approximate surface area is 200 Å². The van der Waals surface area contributed by atoms with Crippen molar-refractivity contribution in [1.82, 2.24) is 0 Å². The minimum absolute atomic E-state index is 0.337. The molecule has 0 aromatic heterocycles. The number of fused-ring (bicyclic) bond motifs is 6. The first-order valence-corrected chi connectivity index (χ1v) is 11.7. The van der Waals surface area contributed by atoms with Crippen LogP contribution in [0.15, 0.2) is 84.9 Å². The summed E-state index contributed by atoms with van der Waals surface area (Å²) >= 11 is 0. The molecule has 0 aliphatic carbocycles. The molecule has 2 aliphatic heterocycles. The summed E-state index contributed by atoms with van der Waals surface area (Å²) in [5.41, 5.74) is 10.2. The van der Waals surface area contributed by atoms with Crippen LogP contribution in [-0.4, -0.2) is 12.6 Å². The Balaban J connectivity index is 1.37. The van der Waals surface area contributed by atoms with Gasteiger partial charge in [-0.2, -0.15) is 0 Å². The van der Waals surface area contributed by atoms with Gasteiger partial charge in [-0.15, -0.1) is 0 Å². The maximum Gasteiger partial charge on any atom is 0.344 e. The number of esters is 1. The molecule has 0 atom stereocenters. The van der Waals surface area contributed by atoms with E-state index in [0.29, 0.717) is 11.3 Å². The fourth-order valence-corrected chi connectivity index (χ4v) is 5.24. The van der Waals surface area contributed by atoms with Crippen LogP contribution in [0, 0.1) is 13.8 Å². The summed E-state index contributed by atoms with van der Waals surface area (Å²) in [5.74, 6) is 0.212. The van der Waals surface area contributed by atoms with Crippen LogP contribution in [0.4, 0.5) is 11.4 Å². The number of anilines is 2. The van der Waals surface area contributed by atoms with Gasteiger partial charge in [0.15, 0.2) is 0 Å². The summed E-state index contributed by atoms with van der Waals surface area (Å²) in [4.78, 5) is 18.0.